The van der Waals surface area contributed by atoms with Gasteiger partial charge in [0.15, 0.2) is 6.61 Å². The third kappa shape index (κ3) is 7.98. The highest BCUT2D eigenvalue weighted by Gasteiger charge is 2.32. The number of hydrogen-bond donors (Lipinski definition) is 1. The van der Waals surface area contributed by atoms with Crippen molar-refractivity contribution in [3.63, 3.8) is 0 Å². The Bertz CT molecular complexity index is 1160. The second kappa shape index (κ2) is 11.9. The summed E-state index contributed by atoms with van der Waals surface area (Å²) in [6.07, 6.45) is 0.407. The molecule has 2 amide bonds. The molecule has 190 valence electrons. The number of amides is 2. The summed E-state index contributed by atoms with van der Waals surface area (Å²) in [4.78, 5) is 28.9. The molecule has 0 aromatic heterocycles. The lowest BCUT2D eigenvalue weighted by atomic mass is 10.0. The van der Waals surface area contributed by atoms with Gasteiger partial charge in [-0.1, -0.05) is 77.9 Å². The van der Waals surface area contributed by atoms with E-state index in [0.717, 1.165) is 27.8 Å². The van der Waals surface area contributed by atoms with Crippen LogP contribution < -0.4 is 10.1 Å². The summed E-state index contributed by atoms with van der Waals surface area (Å²) in [6, 6.07) is 23.0. The van der Waals surface area contributed by atoms with Gasteiger partial charge in [-0.2, -0.15) is 0 Å². The molecule has 0 aliphatic rings. The summed E-state index contributed by atoms with van der Waals surface area (Å²) in [7, 11) is 0. The van der Waals surface area contributed by atoms with Gasteiger partial charge in [-0.3, -0.25) is 9.59 Å². The van der Waals surface area contributed by atoms with E-state index in [9.17, 15) is 9.59 Å². The molecule has 3 aromatic rings. The largest absolute Gasteiger partial charge is 0.483 e. The molecule has 1 atom stereocenters. The summed E-state index contributed by atoms with van der Waals surface area (Å²) in [6.45, 7) is 12.0. The summed E-state index contributed by atoms with van der Waals surface area (Å²) < 4.78 is 5.95. The topological polar surface area (TPSA) is 58.6 Å². The first-order valence-electron chi connectivity index (χ1n) is 12.4. The molecule has 1 N–H and O–H groups in total. The van der Waals surface area contributed by atoms with E-state index in [0.29, 0.717) is 18.7 Å². The quantitative estimate of drug-likeness (QED) is 0.432. The molecule has 0 bridgehead atoms. The lowest BCUT2D eigenvalue weighted by Crippen LogP contribution is -2.55. The molecule has 0 saturated carbocycles. The van der Waals surface area contributed by atoms with Gasteiger partial charge in [-0.25, -0.2) is 0 Å². The molecule has 5 nitrogen and oxygen atoms in total. The molecule has 0 heterocycles. The van der Waals surface area contributed by atoms with Crippen LogP contribution in [0.3, 0.4) is 0 Å². The smallest absolute Gasteiger partial charge is 0.261 e. The molecule has 0 unspecified atom stereocenters. The lowest BCUT2D eigenvalue weighted by Gasteiger charge is -2.33. The van der Waals surface area contributed by atoms with Crippen LogP contribution in [0.25, 0.3) is 0 Å². The van der Waals surface area contributed by atoms with Gasteiger partial charge >= 0.3 is 0 Å². The highest BCUT2D eigenvalue weighted by Crippen LogP contribution is 2.20. The molecule has 0 saturated heterocycles. The van der Waals surface area contributed by atoms with Crippen LogP contribution in [-0.4, -0.2) is 34.9 Å². The van der Waals surface area contributed by atoms with Crippen LogP contribution in [0.15, 0.2) is 72.8 Å². The summed E-state index contributed by atoms with van der Waals surface area (Å²) in [5.74, 6) is 0.252. The maximum absolute atomic E-state index is 13.7. The van der Waals surface area contributed by atoms with Crippen molar-refractivity contribution >= 4 is 11.8 Å². The van der Waals surface area contributed by atoms with Crippen LogP contribution >= 0.6 is 0 Å². The second-order valence-electron chi connectivity index (χ2n) is 10.5. The number of benzene rings is 3. The highest BCUT2D eigenvalue weighted by molar-refractivity contribution is 5.89. The molecule has 3 aromatic carbocycles. The van der Waals surface area contributed by atoms with Crippen LogP contribution in [0, 0.1) is 20.8 Å². The van der Waals surface area contributed by atoms with Gasteiger partial charge in [0.2, 0.25) is 5.91 Å². The maximum Gasteiger partial charge on any atom is 0.261 e. The molecule has 5 heteroatoms. The number of nitrogens with one attached hydrogen (secondary N) is 1. The Hall–Kier alpha value is -3.60. The fourth-order valence-electron chi connectivity index (χ4n) is 4.08. The number of rotatable bonds is 9. The Morgan fingerprint density at radius 1 is 0.861 bits per heavy atom. The third-order valence-electron chi connectivity index (χ3n) is 5.92. The first kappa shape index (κ1) is 27.0. The zero-order valence-corrected chi connectivity index (χ0v) is 22.3. The Balaban J connectivity index is 1.93. The van der Waals surface area contributed by atoms with E-state index in [1.54, 1.807) is 4.90 Å². The van der Waals surface area contributed by atoms with Crippen molar-refractivity contribution in [3.05, 3.63) is 101 Å². The minimum absolute atomic E-state index is 0.149. The number of carbonyl (C=O) groups is 2. The molecular weight excluding hydrogens is 448 g/mol. The van der Waals surface area contributed by atoms with Crippen LogP contribution in [0.2, 0.25) is 0 Å². The molecule has 3 rings (SSSR count). The Morgan fingerprint density at radius 3 is 2.11 bits per heavy atom. The van der Waals surface area contributed by atoms with Crippen LogP contribution in [-0.2, 0) is 22.6 Å². The number of carbonyl (C=O) groups excluding carboxylic acids is 2. The van der Waals surface area contributed by atoms with Crippen LogP contribution in [0.4, 0.5) is 0 Å². The first-order valence-corrected chi connectivity index (χ1v) is 12.4. The Kier molecular flexibility index (Phi) is 8.92. The van der Waals surface area contributed by atoms with Crippen molar-refractivity contribution in [3.8, 4) is 5.75 Å². The summed E-state index contributed by atoms with van der Waals surface area (Å²) >= 11 is 0. The van der Waals surface area contributed by atoms with Crippen molar-refractivity contribution in [2.24, 2.45) is 0 Å². The van der Waals surface area contributed by atoms with Crippen molar-refractivity contribution in [1.82, 2.24) is 10.2 Å². The predicted octanol–water partition coefficient (Wildman–Crippen LogP) is 5.55. The standard InChI is InChI=1S/C31H38N2O3/c1-22-12-15-26(16-13-22)20-33(29(34)21-36-28-17-14-23(2)18-24(28)3)27(30(35)32-31(4,5)6)19-25-10-8-7-9-11-25/h7-18,27H,19-21H2,1-6H3,(H,32,35)/t27-/m0/s1. The predicted molar refractivity (Wildman–Crippen MR) is 145 cm³/mol. The van der Waals surface area contributed by atoms with E-state index >= 15 is 0 Å². The van der Waals surface area contributed by atoms with E-state index < -0.39 is 11.6 Å². The van der Waals surface area contributed by atoms with Gasteiger partial charge in [0.1, 0.15) is 11.8 Å². The fourth-order valence-corrected chi connectivity index (χ4v) is 4.08. The number of ether oxygens (including phenoxy) is 1. The lowest BCUT2D eigenvalue weighted by molar-refractivity contribution is -0.143. The average molecular weight is 487 g/mol. The highest BCUT2D eigenvalue weighted by atomic mass is 16.5. The Morgan fingerprint density at radius 2 is 1.50 bits per heavy atom. The van der Waals surface area contributed by atoms with Gasteiger partial charge in [0.05, 0.1) is 0 Å². The molecule has 36 heavy (non-hydrogen) atoms. The second-order valence-corrected chi connectivity index (χ2v) is 10.5. The summed E-state index contributed by atoms with van der Waals surface area (Å²) in [5, 5.41) is 3.09. The van der Waals surface area contributed by atoms with E-state index in [-0.39, 0.29) is 18.4 Å². The fraction of sp³-hybridized carbons (Fsp3) is 0.355. The molecule has 0 aliphatic heterocycles. The maximum atomic E-state index is 13.7. The molecule has 0 fully saturated rings. The summed E-state index contributed by atoms with van der Waals surface area (Å²) in [5.41, 5.74) is 4.76. The van der Waals surface area contributed by atoms with E-state index in [1.165, 1.54) is 0 Å². The molecule has 0 radical (unpaired) electrons. The monoisotopic (exact) mass is 486 g/mol. The van der Waals surface area contributed by atoms with Crippen molar-refractivity contribution in [2.45, 2.75) is 66.1 Å². The van der Waals surface area contributed by atoms with E-state index in [4.69, 9.17) is 4.74 Å². The SMILES string of the molecule is Cc1ccc(CN(C(=O)COc2ccc(C)cc2C)[C@@H](Cc2ccccc2)C(=O)NC(C)(C)C)cc1. The van der Waals surface area contributed by atoms with Crippen molar-refractivity contribution < 1.29 is 14.3 Å². The molecular formula is C31H38N2O3. The average Bonchev–Trinajstić information content (AvgIpc) is 2.81. The minimum atomic E-state index is -0.692. The zero-order chi connectivity index (χ0) is 26.3. The number of nitrogens with zero attached hydrogens (tertiary/aromatic N) is 1. The van der Waals surface area contributed by atoms with Gasteiger partial charge in [0.25, 0.3) is 5.91 Å². The van der Waals surface area contributed by atoms with Gasteiger partial charge in [0, 0.05) is 18.5 Å². The Labute approximate surface area is 215 Å². The zero-order valence-electron chi connectivity index (χ0n) is 22.3. The van der Waals surface area contributed by atoms with Gasteiger partial charge in [-0.15, -0.1) is 0 Å². The third-order valence-corrected chi connectivity index (χ3v) is 5.92. The van der Waals surface area contributed by atoms with Gasteiger partial charge in [-0.05, 0) is 64.3 Å². The molecule has 0 spiro atoms. The number of hydrogen-bond acceptors (Lipinski definition) is 3. The number of aryl methyl sites for hydroxylation is 3. The van der Waals surface area contributed by atoms with E-state index in [1.807, 2.05) is 114 Å². The van der Waals surface area contributed by atoms with Crippen molar-refractivity contribution in [2.75, 3.05) is 6.61 Å². The van der Waals surface area contributed by atoms with Crippen molar-refractivity contribution in [1.29, 1.82) is 0 Å². The van der Waals surface area contributed by atoms with Crippen LogP contribution in [0.1, 0.15) is 48.6 Å². The van der Waals surface area contributed by atoms with E-state index in [2.05, 4.69) is 5.32 Å². The van der Waals surface area contributed by atoms with Crippen LogP contribution in [0.5, 0.6) is 5.75 Å². The first-order chi connectivity index (χ1) is 17.0. The minimum Gasteiger partial charge on any atom is -0.483 e. The normalized spacial score (nSPS) is 12.1. The van der Waals surface area contributed by atoms with Gasteiger partial charge < -0.3 is 15.0 Å². The molecule has 0 aliphatic carbocycles.